The lowest BCUT2D eigenvalue weighted by Crippen LogP contribution is -2.52. The van der Waals surface area contributed by atoms with Gasteiger partial charge >= 0.3 is 0 Å². The molecule has 148 valence electrons. The van der Waals surface area contributed by atoms with Crippen LogP contribution in [0.25, 0.3) is 10.9 Å². The van der Waals surface area contributed by atoms with Crippen LogP contribution in [0.15, 0.2) is 53.1 Å². The van der Waals surface area contributed by atoms with Gasteiger partial charge in [-0.3, -0.25) is 14.4 Å². The summed E-state index contributed by atoms with van der Waals surface area (Å²) in [6.45, 7) is 1.16. The van der Waals surface area contributed by atoms with Gasteiger partial charge in [-0.25, -0.2) is 4.39 Å². The van der Waals surface area contributed by atoms with Crippen molar-refractivity contribution < 1.29 is 18.8 Å². The van der Waals surface area contributed by atoms with Gasteiger partial charge in [0.05, 0.1) is 11.1 Å². The van der Waals surface area contributed by atoms with Gasteiger partial charge in [-0.1, -0.05) is 18.2 Å². The second kappa shape index (κ2) is 7.79. The Kier molecular flexibility index (Phi) is 5.19. The maximum atomic E-state index is 14.3. The molecule has 1 saturated heterocycles. The van der Waals surface area contributed by atoms with Crippen molar-refractivity contribution in [1.29, 1.82) is 0 Å². The van der Waals surface area contributed by atoms with Crippen LogP contribution in [0, 0.1) is 5.82 Å². The van der Waals surface area contributed by atoms with E-state index >= 15 is 0 Å². The van der Waals surface area contributed by atoms with E-state index in [-0.39, 0.29) is 29.9 Å². The monoisotopic (exact) mass is 457 g/mol. The highest BCUT2D eigenvalue weighted by Gasteiger charge is 2.30. The van der Waals surface area contributed by atoms with Crippen molar-refractivity contribution in [2.24, 2.45) is 0 Å². The lowest BCUT2D eigenvalue weighted by atomic mass is 10.1. The third kappa shape index (κ3) is 3.55. The molecule has 1 aliphatic rings. The Morgan fingerprint density at radius 3 is 2.28 bits per heavy atom. The Hall–Kier alpha value is -3.00. The van der Waals surface area contributed by atoms with Crippen molar-refractivity contribution in [3.8, 4) is 0 Å². The van der Waals surface area contributed by atoms with E-state index in [4.69, 9.17) is 0 Å². The second-order valence-corrected chi connectivity index (χ2v) is 7.62. The minimum atomic E-state index is -0.768. The van der Waals surface area contributed by atoms with E-state index in [1.54, 1.807) is 29.2 Å². The predicted molar refractivity (Wildman–Crippen MR) is 109 cm³/mol. The summed E-state index contributed by atoms with van der Waals surface area (Å²) in [5.41, 5.74) is 1.02. The molecule has 0 spiro atoms. The summed E-state index contributed by atoms with van der Waals surface area (Å²) in [6.07, 6.45) is 1.36. The smallest absolute Gasteiger partial charge is 0.295 e. The van der Waals surface area contributed by atoms with Crippen LogP contribution < -0.4 is 0 Å². The predicted octanol–water partition coefficient (Wildman–Crippen LogP) is 3.24. The first-order chi connectivity index (χ1) is 14.0. The Balaban J connectivity index is 1.47. The molecule has 1 aliphatic heterocycles. The fraction of sp³-hybridized carbons (Fsp3) is 0.190. The van der Waals surface area contributed by atoms with Gasteiger partial charge in [0, 0.05) is 47.8 Å². The number of piperazine rings is 1. The number of aromatic nitrogens is 1. The molecule has 1 aromatic heterocycles. The Bertz CT molecular complexity index is 1110. The lowest BCUT2D eigenvalue weighted by molar-refractivity contribution is -0.127. The van der Waals surface area contributed by atoms with Crippen LogP contribution in [0.1, 0.15) is 20.7 Å². The number of nitrogens with one attached hydrogen (secondary N) is 1. The number of Topliss-reactive ketones (excluding diaryl/α,β-unsaturated/α-hetero) is 1. The van der Waals surface area contributed by atoms with Gasteiger partial charge < -0.3 is 14.8 Å². The summed E-state index contributed by atoms with van der Waals surface area (Å²) in [7, 11) is 0. The summed E-state index contributed by atoms with van der Waals surface area (Å²) in [5, 5.41) is 0.0932. The number of ketones is 1. The normalized spacial score (nSPS) is 14.3. The minimum Gasteiger partial charge on any atom is -0.359 e. The minimum absolute atomic E-state index is 0.00610. The molecule has 2 amide bonds. The number of fused-ring (bicyclic) bond motifs is 1. The Morgan fingerprint density at radius 1 is 0.931 bits per heavy atom. The molecular formula is C21H17BrFN3O3. The van der Waals surface area contributed by atoms with Gasteiger partial charge in [-0.05, 0) is 40.2 Å². The van der Waals surface area contributed by atoms with E-state index in [9.17, 15) is 18.8 Å². The maximum Gasteiger partial charge on any atom is 0.295 e. The van der Waals surface area contributed by atoms with E-state index in [2.05, 4.69) is 20.9 Å². The van der Waals surface area contributed by atoms with E-state index in [1.165, 1.54) is 23.2 Å². The first-order valence-electron chi connectivity index (χ1n) is 9.10. The number of carbonyl (C=O) groups is 3. The zero-order valence-electron chi connectivity index (χ0n) is 15.3. The average Bonchev–Trinajstić information content (AvgIpc) is 3.22. The lowest BCUT2D eigenvalue weighted by Gasteiger charge is -2.34. The van der Waals surface area contributed by atoms with Gasteiger partial charge in [0.1, 0.15) is 5.82 Å². The topological polar surface area (TPSA) is 73.5 Å². The van der Waals surface area contributed by atoms with Crippen molar-refractivity contribution in [1.82, 2.24) is 14.8 Å². The third-order valence-electron chi connectivity index (χ3n) is 5.05. The molecule has 0 unspecified atom stereocenters. The van der Waals surface area contributed by atoms with Crippen molar-refractivity contribution >= 4 is 44.4 Å². The van der Waals surface area contributed by atoms with Gasteiger partial charge in [0.2, 0.25) is 0 Å². The number of rotatable bonds is 3. The number of aromatic amines is 1. The second-order valence-electron chi connectivity index (χ2n) is 6.76. The van der Waals surface area contributed by atoms with Gasteiger partial charge in [-0.2, -0.15) is 0 Å². The van der Waals surface area contributed by atoms with Crippen molar-refractivity contribution in [3.05, 3.63) is 70.1 Å². The summed E-state index contributed by atoms with van der Waals surface area (Å²) in [5.74, 6) is -2.14. The van der Waals surface area contributed by atoms with Crippen LogP contribution >= 0.6 is 15.9 Å². The van der Waals surface area contributed by atoms with Crippen LogP contribution in [0.2, 0.25) is 0 Å². The summed E-state index contributed by atoms with van der Waals surface area (Å²) in [4.78, 5) is 43.9. The summed E-state index contributed by atoms with van der Waals surface area (Å²) >= 11 is 3.30. The maximum absolute atomic E-state index is 14.3. The van der Waals surface area contributed by atoms with Crippen molar-refractivity contribution in [2.75, 3.05) is 26.2 Å². The molecule has 0 bridgehead atoms. The first-order valence-corrected chi connectivity index (χ1v) is 9.89. The molecule has 0 atom stereocenters. The van der Waals surface area contributed by atoms with E-state index in [0.717, 1.165) is 0 Å². The molecule has 4 rings (SSSR count). The van der Waals surface area contributed by atoms with Crippen molar-refractivity contribution in [3.63, 3.8) is 0 Å². The molecule has 1 N–H and O–H groups in total. The number of carbonyl (C=O) groups excluding carboxylic acids is 3. The number of hydrogen-bond acceptors (Lipinski definition) is 3. The molecule has 3 aromatic rings. The first kappa shape index (κ1) is 19.3. The van der Waals surface area contributed by atoms with Gasteiger partial charge in [-0.15, -0.1) is 0 Å². The molecule has 29 heavy (non-hydrogen) atoms. The number of hydrogen-bond donors (Lipinski definition) is 1. The number of halogens is 2. The largest absolute Gasteiger partial charge is 0.359 e. The Morgan fingerprint density at radius 2 is 1.59 bits per heavy atom. The molecule has 2 aromatic carbocycles. The summed E-state index contributed by atoms with van der Waals surface area (Å²) < 4.78 is 14.9. The molecular weight excluding hydrogens is 441 g/mol. The highest BCUT2D eigenvalue weighted by atomic mass is 79.9. The zero-order valence-corrected chi connectivity index (χ0v) is 16.9. The van der Waals surface area contributed by atoms with Crippen LogP contribution in [0.5, 0.6) is 0 Å². The Labute approximate surface area is 174 Å². The fourth-order valence-electron chi connectivity index (χ4n) is 3.49. The highest BCUT2D eigenvalue weighted by molar-refractivity contribution is 9.10. The van der Waals surface area contributed by atoms with Crippen LogP contribution in [0.3, 0.4) is 0 Å². The number of H-pyrrole nitrogens is 1. The fourth-order valence-corrected chi connectivity index (χ4v) is 3.93. The number of amides is 2. The zero-order chi connectivity index (χ0) is 20.5. The van der Waals surface area contributed by atoms with Gasteiger partial charge in [0.15, 0.2) is 0 Å². The number of nitrogens with zero attached hydrogens (tertiary/aromatic N) is 2. The average molecular weight is 458 g/mol. The molecule has 6 nitrogen and oxygen atoms in total. The van der Waals surface area contributed by atoms with Crippen LogP contribution in [-0.2, 0) is 4.79 Å². The third-order valence-corrected chi connectivity index (χ3v) is 5.71. The van der Waals surface area contributed by atoms with Crippen LogP contribution in [0.4, 0.5) is 4.39 Å². The van der Waals surface area contributed by atoms with E-state index in [1.807, 2.05) is 6.07 Å². The molecule has 0 saturated carbocycles. The van der Waals surface area contributed by atoms with Crippen LogP contribution in [-0.4, -0.2) is 58.6 Å². The number of benzene rings is 2. The summed E-state index contributed by atoms with van der Waals surface area (Å²) in [6, 6.07) is 11.7. The molecule has 1 fully saturated rings. The standard InChI is InChI=1S/C21H17BrFN3O3/c22-15-6-7-16(23)17-14(12-24-18(15)17)19(27)21(29)26-10-8-25(9-11-26)20(28)13-4-2-1-3-5-13/h1-7,12,24H,8-11H2. The van der Waals surface area contributed by atoms with Gasteiger partial charge in [0.25, 0.3) is 17.6 Å². The molecule has 0 aliphatic carbocycles. The quantitative estimate of drug-likeness (QED) is 0.484. The SMILES string of the molecule is O=C(C(=O)N1CCN(C(=O)c2ccccc2)CC1)c1c[nH]c2c(Br)ccc(F)c12. The van der Waals surface area contributed by atoms with E-state index in [0.29, 0.717) is 28.6 Å². The van der Waals surface area contributed by atoms with E-state index < -0.39 is 17.5 Å². The highest BCUT2D eigenvalue weighted by Crippen LogP contribution is 2.29. The molecule has 0 radical (unpaired) electrons. The molecule has 8 heteroatoms. The van der Waals surface area contributed by atoms with Crippen molar-refractivity contribution in [2.45, 2.75) is 0 Å². The molecule has 2 heterocycles.